The van der Waals surface area contributed by atoms with Crippen molar-refractivity contribution in [2.45, 2.75) is 39.2 Å². The van der Waals surface area contributed by atoms with Crippen molar-refractivity contribution in [1.29, 1.82) is 5.26 Å². The molecule has 1 aromatic carbocycles. The van der Waals surface area contributed by atoms with Gasteiger partial charge in [-0.2, -0.15) is 5.26 Å². The number of nitrogens with one attached hydrogen (secondary N) is 1. The van der Waals surface area contributed by atoms with Crippen LogP contribution in [0.5, 0.6) is 0 Å². The molecule has 7 nitrogen and oxygen atoms in total. The topological polar surface area (TPSA) is 91.7 Å². The van der Waals surface area contributed by atoms with Crippen molar-refractivity contribution in [3.63, 3.8) is 0 Å². The number of carbonyl (C=O) groups excluding carboxylic acids is 2. The van der Waals surface area contributed by atoms with Gasteiger partial charge < -0.3 is 19.7 Å². The number of methoxy groups -OCH3 is 1. The average Bonchev–Trinajstić information content (AvgIpc) is 2.64. The molecule has 1 heterocycles. The van der Waals surface area contributed by atoms with Crippen molar-refractivity contribution in [3.8, 4) is 6.07 Å². The van der Waals surface area contributed by atoms with Crippen LogP contribution in [0.4, 0.5) is 10.5 Å². The van der Waals surface area contributed by atoms with Crippen LogP contribution in [0, 0.1) is 17.2 Å². The number of ether oxygens (including phenoxy) is 2. The number of rotatable bonds is 4. The van der Waals surface area contributed by atoms with Gasteiger partial charge in [0.1, 0.15) is 11.7 Å². The summed E-state index contributed by atoms with van der Waals surface area (Å²) in [5.41, 5.74) is 1.01. The summed E-state index contributed by atoms with van der Waals surface area (Å²) in [5.74, 6) is -0.122. The first-order valence-electron chi connectivity index (χ1n) is 9.07. The van der Waals surface area contributed by atoms with E-state index in [2.05, 4.69) is 16.3 Å². The first kappa shape index (κ1) is 20.6. The van der Waals surface area contributed by atoms with Gasteiger partial charge in [0.05, 0.1) is 18.2 Å². The molecule has 0 aromatic heterocycles. The summed E-state index contributed by atoms with van der Waals surface area (Å²) in [5, 5.41) is 12.1. The summed E-state index contributed by atoms with van der Waals surface area (Å²) in [4.78, 5) is 25.6. The van der Waals surface area contributed by atoms with Gasteiger partial charge in [0.2, 0.25) is 0 Å². The molecule has 2 rings (SSSR count). The normalized spacial score (nSPS) is 15.0. The standard InChI is InChI=1S/C20H27N3O4/c1-20(2,3)27-19(25)22-13-14-7-9-23(10-8-14)16-5-6-17(18(24)26-4)15(11-16)12-21/h5-6,11,14H,7-10,13H2,1-4H3,(H,22,25). The van der Waals surface area contributed by atoms with Crippen molar-refractivity contribution < 1.29 is 19.1 Å². The Morgan fingerprint density at radius 3 is 2.52 bits per heavy atom. The van der Waals surface area contributed by atoms with Gasteiger partial charge in [-0.15, -0.1) is 0 Å². The minimum atomic E-state index is -0.509. The van der Waals surface area contributed by atoms with Crippen molar-refractivity contribution >= 4 is 17.7 Å². The van der Waals surface area contributed by atoms with Crippen molar-refractivity contribution in [2.24, 2.45) is 5.92 Å². The Labute approximate surface area is 160 Å². The Morgan fingerprint density at radius 1 is 1.30 bits per heavy atom. The lowest BCUT2D eigenvalue weighted by Gasteiger charge is -2.34. The number of amides is 1. The molecule has 146 valence electrons. The fourth-order valence-electron chi connectivity index (χ4n) is 3.05. The van der Waals surface area contributed by atoms with E-state index in [-0.39, 0.29) is 11.7 Å². The Bertz CT molecular complexity index is 726. The summed E-state index contributed by atoms with van der Waals surface area (Å²) in [7, 11) is 1.30. The van der Waals surface area contributed by atoms with Gasteiger partial charge in [0.15, 0.2) is 0 Å². The summed E-state index contributed by atoms with van der Waals surface area (Å²) in [6, 6.07) is 7.26. The van der Waals surface area contributed by atoms with Crippen LogP contribution in [0.15, 0.2) is 18.2 Å². The summed E-state index contributed by atoms with van der Waals surface area (Å²) >= 11 is 0. The molecule has 7 heteroatoms. The molecule has 0 bridgehead atoms. The van der Waals surface area contributed by atoms with E-state index in [9.17, 15) is 14.9 Å². The molecule has 0 saturated carbocycles. The number of nitrogens with zero attached hydrogens (tertiary/aromatic N) is 2. The lowest BCUT2D eigenvalue weighted by atomic mass is 9.96. The second-order valence-electron chi connectivity index (χ2n) is 7.65. The van der Waals surface area contributed by atoms with Crippen LogP contribution in [-0.2, 0) is 9.47 Å². The van der Waals surface area contributed by atoms with Gasteiger partial charge in [0.25, 0.3) is 0 Å². The van der Waals surface area contributed by atoms with E-state index < -0.39 is 11.6 Å². The van der Waals surface area contributed by atoms with E-state index in [1.807, 2.05) is 26.8 Å². The third-order valence-corrected chi connectivity index (χ3v) is 4.44. The van der Waals surface area contributed by atoms with Gasteiger partial charge in [-0.05, 0) is 57.7 Å². The zero-order chi connectivity index (χ0) is 20.0. The van der Waals surface area contributed by atoms with Gasteiger partial charge in [-0.3, -0.25) is 0 Å². The number of carbonyl (C=O) groups is 2. The van der Waals surface area contributed by atoms with E-state index in [1.165, 1.54) is 7.11 Å². The van der Waals surface area contributed by atoms with Crippen molar-refractivity contribution in [1.82, 2.24) is 5.32 Å². The van der Waals surface area contributed by atoms with E-state index in [0.717, 1.165) is 31.6 Å². The van der Waals surface area contributed by atoms with E-state index in [4.69, 9.17) is 9.47 Å². The minimum absolute atomic E-state index is 0.278. The quantitative estimate of drug-likeness (QED) is 0.816. The smallest absolute Gasteiger partial charge is 0.407 e. The zero-order valence-corrected chi connectivity index (χ0v) is 16.4. The number of esters is 1. The molecule has 1 N–H and O–H groups in total. The highest BCUT2D eigenvalue weighted by atomic mass is 16.6. The Balaban J connectivity index is 1.89. The molecule has 1 amide bonds. The van der Waals surface area contributed by atoms with Crippen molar-refractivity contribution in [3.05, 3.63) is 29.3 Å². The zero-order valence-electron chi connectivity index (χ0n) is 16.4. The lowest BCUT2D eigenvalue weighted by molar-refractivity contribution is 0.0515. The average molecular weight is 373 g/mol. The van der Waals surface area contributed by atoms with Crippen LogP contribution in [0.1, 0.15) is 49.5 Å². The van der Waals surface area contributed by atoms with Crippen LogP contribution in [0.2, 0.25) is 0 Å². The maximum atomic E-state index is 11.8. The van der Waals surface area contributed by atoms with E-state index in [1.54, 1.807) is 12.1 Å². The number of nitriles is 1. The van der Waals surface area contributed by atoms with Crippen LogP contribution < -0.4 is 10.2 Å². The Morgan fingerprint density at radius 2 is 1.96 bits per heavy atom. The Kier molecular flexibility index (Phi) is 6.67. The summed E-state index contributed by atoms with van der Waals surface area (Å²) < 4.78 is 9.96. The molecule has 1 saturated heterocycles. The van der Waals surface area contributed by atoms with Gasteiger partial charge in [-0.25, -0.2) is 9.59 Å². The van der Waals surface area contributed by atoms with E-state index >= 15 is 0 Å². The third-order valence-electron chi connectivity index (χ3n) is 4.44. The maximum Gasteiger partial charge on any atom is 0.407 e. The molecule has 0 radical (unpaired) electrons. The first-order valence-corrected chi connectivity index (χ1v) is 9.07. The summed E-state index contributed by atoms with van der Waals surface area (Å²) in [6.45, 7) is 7.75. The Hall–Kier alpha value is -2.75. The van der Waals surface area contributed by atoms with Crippen molar-refractivity contribution in [2.75, 3.05) is 31.6 Å². The highest BCUT2D eigenvalue weighted by Gasteiger charge is 2.23. The second-order valence-corrected chi connectivity index (χ2v) is 7.65. The number of anilines is 1. The van der Waals surface area contributed by atoms with E-state index in [0.29, 0.717) is 18.0 Å². The molecule has 1 aromatic rings. The largest absolute Gasteiger partial charge is 0.465 e. The maximum absolute atomic E-state index is 11.8. The third kappa shape index (κ3) is 5.88. The monoisotopic (exact) mass is 373 g/mol. The number of hydrogen-bond donors (Lipinski definition) is 1. The highest BCUT2D eigenvalue weighted by Crippen LogP contribution is 2.25. The van der Waals surface area contributed by atoms with Gasteiger partial charge in [0, 0.05) is 25.3 Å². The predicted octanol–water partition coefficient (Wildman–Crippen LogP) is 3.09. The summed E-state index contributed by atoms with van der Waals surface area (Å²) in [6.07, 6.45) is 1.47. The fraction of sp³-hybridized carbons (Fsp3) is 0.550. The molecule has 1 aliphatic rings. The number of benzene rings is 1. The first-order chi connectivity index (χ1) is 12.7. The lowest BCUT2D eigenvalue weighted by Crippen LogP contribution is -2.40. The molecule has 0 unspecified atom stereocenters. The molecule has 0 aliphatic carbocycles. The number of alkyl carbamates (subject to hydrolysis) is 1. The van der Waals surface area contributed by atoms with Crippen LogP contribution in [0.3, 0.4) is 0 Å². The molecule has 0 spiro atoms. The van der Waals surface area contributed by atoms with Crippen LogP contribution in [-0.4, -0.2) is 44.4 Å². The number of piperidine rings is 1. The molecular formula is C20H27N3O4. The highest BCUT2D eigenvalue weighted by molar-refractivity contribution is 5.92. The SMILES string of the molecule is COC(=O)c1ccc(N2CCC(CNC(=O)OC(C)(C)C)CC2)cc1C#N. The molecule has 27 heavy (non-hydrogen) atoms. The van der Waals surface area contributed by atoms with Gasteiger partial charge >= 0.3 is 12.1 Å². The van der Waals surface area contributed by atoms with Crippen LogP contribution >= 0.6 is 0 Å². The molecule has 1 fully saturated rings. The van der Waals surface area contributed by atoms with Crippen LogP contribution in [0.25, 0.3) is 0 Å². The van der Waals surface area contributed by atoms with Gasteiger partial charge in [-0.1, -0.05) is 0 Å². The fourth-order valence-corrected chi connectivity index (χ4v) is 3.05. The molecule has 1 aliphatic heterocycles. The second kappa shape index (κ2) is 8.76. The predicted molar refractivity (Wildman–Crippen MR) is 102 cm³/mol. The molecule has 0 atom stereocenters. The molecular weight excluding hydrogens is 346 g/mol. The minimum Gasteiger partial charge on any atom is -0.465 e. The number of hydrogen-bond acceptors (Lipinski definition) is 6.